The van der Waals surface area contributed by atoms with E-state index < -0.39 is 6.10 Å². The first kappa shape index (κ1) is 11.1. The molecule has 1 heterocycles. The Morgan fingerprint density at radius 1 is 1.38 bits per heavy atom. The molecule has 0 spiro atoms. The third-order valence-electron chi connectivity index (χ3n) is 3.01. The van der Waals surface area contributed by atoms with Gasteiger partial charge in [-0.15, -0.1) is 0 Å². The van der Waals surface area contributed by atoms with E-state index in [4.69, 9.17) is 0 Å². The Hall–Kier alpha value is -1.35. The smallest absolute Gasteiger partial charge is 0.220 e. The number of hydrogen-bond donors (Lipinski definition) is 2. The average molecular weight is 219 g/mol. The fourth-order valence-corrected chi connectivity index (χ4v) is 2.14. The van der Waals surface area contributed by atoms with Crippen molar-refractivity contribution in [1.82, 2.24) is 5.32 Å². The maximum Gasteiger partial charge on any atom is 0.220 e. The minimum Gasteiger partial charge on any atom is -0.388 e. The largest absolute Gasteiger partial charge is 0.388 e. The van der Waals surface area contributed by atoms with E-state index in [0.29, 0.717) is 12.8 Å². The lowest BCUT2D eigenvalue weighted by Gasteiger charge is -2.25. The summed E-state index contributed by atoms with van der Waals surface area (Å²) in [5.41, 5.74) is 0.919. The highest BCUT2D eigenvalue weighted by Crippen LogP contribution is 2.21. The molecule has 0 aromatic heterocycles. The fraction of sp³-hybridized carbons (Fsp3) is 0.462. The Labute approximate surface area is 95.5 Å². The van der Waals surface area contributed by atoms with Crippen LogP contribution < -0.4 is 5.32 Å². The topological polar surface area (TPSA) is 49.3 Å². The van der Waals surface area contributed by atoms with E-state index >= 15 is 0 Å². The van der Waals surface area contributed by atoms with Gasteiger partial charge in [-0.2, -0.15) is 0 Å². The Balaban J connectivity index is 1.92. The van der Waals surface area contributed by atoms with Crippen molar-refractivity contribution in [1.29, 1.82) is 0 Å². The highest BCUT2D eigenvalue weighted by molar-refractivity contribution is 5.76. The molecule has 1 aromatic carbocycles. The van der Waals surface area contributed by atoms with Gasteiger partial charge in [0.25, 0.3) is 0 Å². The van der Waals surface area contributed by atoms with Crippen LogP contribution in [0.3, 0.4) is 0 Å². The molecule has 1 aliphatic rings. The molecule has 2 rings (SSSR count). The van der Waals surface area contributed by atoms with Gasteiger partial charge in [0.2, 0.25) is 5.91 Å². The van der Waals surface area contributed by atoms with Gasteiger partial charge in [0.15, 0.2) is 0 Å². The van der Waals surface area contributed by atoms with E-state index in [-0.39, 0.29) is 11.9 Å². The number of carbonyl (C=O) groups is 1. The first-order valence-electron chi connectivity index (χ1n) is 5.78. The van der Waals surface area contributed by atoms with E-state index in [1.165, 1.54) is 0 Å². The maximum atomic E-state index is 11.2. The molecule has 3 heteroatoms. The molecule has 1 saturated heterocycles. The summed E-state index contributed by atoms with van der Waals surface area (Å²) in [6.07, 6.45) is 2.64. The summed E-state index contributed by atoms with van der Waals surface area (Å²) in [5, 5.41) is 12.9. The number of aliphatic hydroxyl groups excluding tert-OH is 1. The summed E-state index contributed by atoms with van der Waals surface area (Å²) < 4.78 is 0. The summed E-state index contributed by atoms with van der Waals surface area (Å²) in [7, 11) is 0. The minimum absolute atomic E-state index is 0.108. The molecule has 16 heavy (non-hydrogen) atoms. The van der Waals surface area contributed by atoms with E-state index in [9.17, 15) is 9.90 Å². The molecule has 2 N–H and O–H groups in total. The Morgan fingerprint density at radius 3 is 2.81 bits per heavy atom. The maximum absolute atomic E-state index is 11.2. The molecule has 0 unspecified atom stereocenters. The van der Waals surface area contributed by atoms with Crippen LogP contribution in [-0.2, 0) is 4.79 Å². The lowest BCUT2D eigenvalue weighted by atomic mass is 9.96. The highest BCUT2D eigenvalue weighted by atomic mass is 16.3. The van der Waals surface area contributed by atoms with Crippen LogP contribution in [0.2, 0.25) is 0 Å². The van der Waals surface area contributed by atoms with Crippen LogP contribution in [0.25, 0.3) is 0 Å². The molecule has 1 aliphatic heterocycles. The number of carbonyl (C=O) groups excluding carboxylic acids is 1. The Kier molecular flexibility index (Phi) is 3.57. The van der Waals surface area contributed by atoms with Gasteiger partial charge < -0.3 is 10.4 Å². The summed E-state index contributed by atoms with van der Waals surface area (Å²) in [4.78, 5) is 11.2. The van der Waals surface area contributed by atoms with Crippen molar-refractivity contribution < 1.29 is 9.90 Å². The van der Waals surface area contributed by atoms with Gasteiger partial charge in [0.05, 0.1) is 6.10 Å². The molecule has 1 aromatic rings. The standard InChI is InChI=1S/C13H17NO2/c15-12(10-5-2-1-3-6-10)9-11-7-4-8-13(16)14-11/h1-3,5-6,11-12,15H,4,7-9H2,(H,14,16)/t11-,12-/m1/s1. The molecule has 86 valence electrons. The third-order valence-corrected chi connectivity index (χ3v) is 3.01. The minimum atomic E-state index is -0.482. The molecule has 0 saturated carbocycles. The molecular weight excluding hydrogens is 202 g/mol. The summed E-state index contributed by atoms with van der Waals surface area (Å²) in [6, 6.07) is 9.70. The second kappa shape index (κ2) is 5.12. The SMILES string of the molecule is O=C1CCC[C@H](C[C@@H](O)c2ccccc2)N1. The molecule has 0 bridgehead atoms. The lowest BCUT2D eigenvalue weighted by molar-refractivity contribution is -0.123. The zero-order chi connectivity index (χ0) is 11.4. The van der Waals surface area contributed by atoms with Gasteiger partial charge in [-0.25, -0.2) is 0 Å². The average Bonchev–Trinajstić information content (AvgIpc) is 2.30. The van der Waals surface area contributed by atoms with Crippen molar-refractivity contribution in [3.8, 4) is 0 Å². The molecule has 0 aliphatic carbocycles. The Bertz CT molecular complexity index is 350. The van der Waals surface area contributed by atoms with Crippen molar-refractivity contribution >= 4 is 5.91 Å². The second-order valence-electron chi connectivity index (χ2n) is 4.32. The van der Waals surface area contributed by atoms with Gasteiger partial charge in [-0.3, -0.25) is 4.79 Å². The number of piperidine rings is 1. The molecule has 2 atom stereocenters. The third kappa shape index (κ3) is 2.83. The molecule has 1 amide bonds. The zero-order valence-electron chi connectivity index (χ0n) is 9.23. The summed E-state index contributed by atoms with van der Waals surface area (Å²) >= 11 is 0. The van der Waals surface area contributed by atoms with Crippen molar-refractivity contribution in [2.24, 2.45) is 0 Å². The predicted molar refractivity (Wildman–Crippen MR) is 61.8 cm³/mol. The van der Waals surface area contributed by atoms with Gasteiger partial charge in [0, 0.05) is 12.5 Å². The molecule has 3 nitrogen and oxygen atoms in total. The first-order chi connectivity index (χ1) is 7.75. The van der Waals surface area contributed by atoms with Crippen LogP contribution in [0.4, 0.5) is 0 Å². The molecule has 0 radical (unpaired) electrons. The van der Waals surface area contributed by atoms with E-state index in [0.717, 1.165) is 18.4 Å². The normalized spacial score (nSPS) is 22.6. The van der Waals surface area contributed by atoms with Crippen molar-refractivity contribution in [2.45, 2.75) is 37.8 Å². The van der Waals surface area contributed by atoms with Crippen LogP contribution >= 0.6 is 0 Å². The summed E-state index contributed by atoms with van der Waals surface area (Å²) in [5.74, 6) is 0.108. The van der Waals surface area contributed by atoms with Crippen molar-refractivity contribution in [3.05, 3.63) is 35.9 Å². The van der Waals surface area contributed by atoms with Crippen molar-refractivity contribution in [3.63, 3.8) is 0 Å². The highest BCUT2D eigenvalue weighted by Gasteiger charge is 2.21. The monoisotopic (exact) mass is 219 g/mol. The first-order valence-corrected chi connectivity index (χ1v) is 5.78. The number of rotatable bonds is 3. The van der Waals surface area contributed by atoms with E-state index in [2.05, 4.69) is 5.32 Å². The van der Waals surface area contributed by atoms with Gasteiger partial charge >= 0.3 is 0 Å². The number of amides is 1. The lowest BCUT2D eigenvalue weighted by Crippen LogP contribution is -2.39. The molecular formula is C13H17NO2. The Morgan fingerprint density at radius 2 is 2.12 bits per heavy atom. The molecule has 1 fully saturated rings. The van der Waals surface area contributed by atoms with Crippen molar-refractivity contribution in [2.75, 3.05) is 0 Å². The van der Waals surface area contributed by atoms with Crippen LogP contribution in [0, 0.1) is 0 Å². The van der Waals surface area contributed by atoms with Crippen LogP contribution in [-0.4, -0.2) is 17.1 Å². The van der Waals surface area contributed by atoms with Crippen LogP contribution in [0.1, 0.15) is 37.4 Å². The van der Waals surface area contributed by atoms with Gasteiger partial charge in [-0.1, -0.05) is 30.3 Å². The number of aliphatic hydroxyl groups is 1. The fourth-order valence-electron chi connectivity index (χ4n) is 2.14. The zero-order valence-corrected chi connectivity index (χ0v) is 9.23. The van der Waals surface area contributed by atoms with Crippen LogP contribution in [0.15, 0.2) is 30.3 Å². The number of nitrogens with one attached hydrogen (secondary N) is 1. The number of benzene rings is 1. The van der Waals surface area contributed by atoms with Gasteiger partial charge in [0.1, 0.15) is 0 Å². The predicted octanol–water partition coefficient (Wildman–Crippen LogP) is 1.78. The van der Waals surface area contributed by atoms with Crippen LogP contribution in [0.5, 0.6) is 0 Å². The van der Waals surface area contributed by atoms with E-state index in [1.54, 1.807) is 0 Å². The van der Waals surface area contributed by atoms with Gasteiger partial charge in [-0.05, 0) is 24.8 Å². The van der Waals surface area contributed by atoms with E-state index in [1.807, 2.05) is 30.3 Å². The summed E-state index contributed by atoms with van der Waals surface area (Å²) in [6.45, 7) is 0. The quantitative estimate of drug-likeness (QED) is 0.814. The number of hydrogen-bond acceptors (Lipinski definition) is 2. The second-order valence-corrected chi connectivity index (χ2v) is 4.32.